The molecule has 4 heteroatoms. The lowest BCUT2D eigenvalue weighted by molar-refractivity contribution is 0.152. The van der Waals surface area contributed by atoms with Crippen LogP contribution in [0.4, 0.5) is 0 Å². The van der Waals surface area contributed by atoms with Crippen LogP contribution in [0.2, 0.25) is 5.22 Å². The predicted octanol–water partition coefficient (Wildman–Crippen LogP) is 2.66. The summed E-state index contributed by atoms with van der Waals surface area (Å²) in [6, 6.07) is 3.28. The zero-order chi connectivity index (χ0) is 9.97. The Balaban J connectivity index is 2.14. The topological polar surface area (TPSA) is 42.6 Å². The predicted molar refractivity (Wildman–Crippen MR) is 51.9 cm³/mol. The highest BCUT2D eigenvalue weighted by Crippen LogP contribution is 2.29. The second-order valence-electron chi connectivity index (χ2n) is 3.21. The summed E-state index contributed by atoms with van der Waals surface area (Å²) in [5.41, 5.74) is 0.835. The van der Waals surface area contributed by atoms with Crippen molar-refractivity contribution in [1.82, 2.24) is 0 Å². The molecule has 0 amide bonds. The quantitative estimate of drug-likeness (QED) is 0.823. The van der Waals surface area contributed by atoms with Gasteiger partial charge in [-0.3, -0.25) is 0 Å². The monoisotopic (exact) mass is 214 g/mol. The van der Waals surface area contributed by atoms with E-state index in [0.717, 1.165) is 25.0 Å². The molecule has 0 bridgehead atoms. The molecule has 0 aliphatic carbocycles. The highest BCUT2D eigenvalue weighted by atomic mass is 35.5. The van der Waals surface area contributed by atoms with Gasteiger partial charge in [0.25, 0.3) is 0 Å². The van der Waals surface area contributed by atoms with E-state index >= 15 is 0 Å². The Morgan fingerprint density at radius 1 is 1.43 bits per heavy atom. The van der Waals surface area contributed by atoms with Crippen LogP contribution in [-0.2, 0) is 4.74 Å². The van der Waals surface area contributed by atoms with Gasteiger partial charge in [0, 0.05) is 5.57 Å². The number of hydrogen-bond donors (Lipinski definition) is 1. The molecule has 1 aromatic heterocycles. The number of hydrogen-bond acceptors (Lipinski definition) is 3. The van der Waals surface area contributed by atoms with Gasteiger partial charge in [-0.15, -0.1) is 0 Å². The van der Waals surface area contributed by atoms with E-state index in [1.54, 1.807) is 18.4 Å². The molecule has 0 saturated heterocycles. The first-order chi connectivity index (χ1) is 6.77. The van der Waals surface area contributed by atoms with Crippen LogP contribution in [0.5, 0.6) is 0 Å². The number of ether oxygens (including phenoxy) is 1. The van der Waals surface area contributed by atoms with Crippen LogP contribution in [0, 0.1) is 0 Å². The summed E-state index contributed by atoms with van der Waals surface area (Å²) in [4.78, 5) is 0. The van der Waals surface area contributed by atoms with E-state index in [1.807, 2.05) is 0 Å². The van der Waals surface area contributed by atoms with Gasteiger partial charge in [0.15, 0.2) is 5.22 Å². The molecule has 3 nitrogen and oxygen atoms in total. The van der Waals surface area contributed by atoms with Gasteiger partial charge in [-0.2, -0.15) is 0 Å². The van der Waals surface area contributed by atoms with Gasteiger partial charge >= 0.3 is 0 Å². The first-order valence-electron chi connectivity index (χ1n) is 4.51. The minimum absolute atomic E-state index is 0.288. The molecule has 0 spiro atoms. The van der Waals surface area contributed by atoms with Crippen molar-refractivity contribution in [3.05, 3.63) is 34.9 Å². The van der Waals surface area contributed by atoms with Gasteiger partial charge in [-0.1, -0.05) is 0 Å². The highest BCUT2D eigenvalue weighted by Gasteiger charge is 2.19. The summed E-state index contributed by atoms with van der Waals surface area (Å²) < 4.78 is 10.3. The van der Waals surface area contributed by atoms with Crippen molar-refractivity contribution in [2.45, 2.75) is 18.9 Å². The van der Waals surface area contributed by atoms with Crippen molar-refractivity contribution in [3.63, 3.8) is 0 Å². The average molecular weight is 215 g/mol. The van der Waals surface area contributed by atoms with Crippen LogP contribution in [0.1, 0.15) is 24.7 Å². The fourth-order valence-corrected chi connectivity index (χ4v) is 1.60. The lowest BCUT2D eigenvalue weighted by Gasteiger charge is -2.17. The summed E-state index contributed by atoms with van der Waals surface area (Å²) in [5, 5.41) is 10.1. The molecule has 0 saturated carbocycles. The zero-order valence-corrected chi connectivity index (χ0v) is 8.33. The molecule has 1 N–H and O–H groups in total. The fraction of sp³-hybridized carbons (Fsp3) is 0.400. The number of halogens is 1. The summed E-state index contributed by atoms with van der Waals surface area (Å²) in [6.45, 7) is 0.717. The van der Waals surface area contributed by atoms with Crippen LogP contribution in [0.3, 0.4) is 0 Å². The van der Waals surface area contributed by atoms with Crippen LogP contribution in [-0.4, -0.2) is 11.7 Å². The first-order valence-corrected chi connectivity index (χ1v) is 4.89. The van der Waals surface area contributed by atoms with Crippen molar-refractivity contribution in [3.8, 4) is 0 Å². The van der Waals surface area contributed by atoms with Crippen molar-refractivity contribution in [2.24, 2.45) is 0 Å². The minimum atomic E-state index is -0.734. The molecule has 2 rings (SSSR count). The average Bonchev–Trinajstić information content (AvgIpc) is 2.65. The van der Waals surface area contributed by atoms with Crippen molar-refractivity contribution in [1.29, 1.82) is 0 Å². The van der Waals surface area contributed by atoms with Crippen LogP contribution in [0.15, 0.2) is 28.4 Å². The Hall–Kier alpha value is -0.930. The molecule has 1 aliphatic rings. The summed E-state index contributed by atoms with van der Waals surface area (Å²) in [5.74, 6) is 0.465. The molecule has 0 aromatic carbocycles. The van der Waals surface area contributed by atoms with Crippen molar-refractivity contribution >= 4 is 11.6 Å². The molecule has 1 unspecified atom stereocenters. The molecule has 1 aromatic rings. The smallest absolute Gasteiger partial charge is 0.193 e. The van der Waals surface area contributed by atoms with Gasteiger partial charge in [-0.25, -0.2) is 0 Å². The molecule has 0 fully saturated rings. The number of rotatable bonds is 2. The van der Waals surface area contributed by atoms with E-state index < -0.39 is 6.10 Å². The zero-order valence-electron chi connectivity index (χ0n) is 7.57. The lowest BCUT2D eigenvalue weighted by atomic mass is 10.0. The van der Waals surface area contributed by atoms with E-state index in [0.29, 0.717) is 5.76 Å². The van der Waals surface area contributed by atoms with Crippen LogP contribution < -0.4 is 0 Å². The minimum Gasteiger partial charge on any atom is -0.501 e. The Kier molecular flexibility index (Phi) is 2.79. The SMILES string of the molecule is OC(C1=COCCC1)c1ccc(Cl)o1. The second-order valence-corrected chi connectivity index (χ2v) is 3.58. The van der Waals surface area contributed by atoms with Crippen LogP contribution >= 0.6 is 11.6 Å². The third kappa shape index (κ3) is 1.94. The molecular formula is C10H11ClO3. The largest absolute Gasteiger partial charge is 0.501 e. The Morgan fingerprint density at radius 3 is 2.86 bits per heavy atom. The maximum Gasteiger partial charge on any atom is 0.193 e. The summed E-state index contributed by atoms with van der Waals surface area (Å²) in [6.07, 6.45) is 2.63. The Bertz CT molecular complexity index is 343. The van der Waals surface area contributed by atoms with E-state index in [-0.39, 0.29) is 5.22 Å². The second kappa shape index (κ2) is 4.07. The maximum atomic E-state index is 9.86. The Morgan fingerprint density at radius 2 is 2.29 bits per heavy atom. The van der Waals surface area contributed by atoms with Crippen molar-refractivity contribution < 1.29 is 14.3 Å². The molecular weight excluding hydrogens is 204 g/mol. The number of aliphatic hydroxyl groups excluding tert-OH is 1. The van der Waals surface area contributed by atoms with E-state index in [2.05, 4.69) is 0 Å². The lowest BCUT2D eigenvalue weighted by Crippen LogP contribution is -2.06. The number of furan rings is 1. The van der Waals surface area contributed by atoms with E-state index in [9.17, 15) is 5.11 Å². The molecule has 0 radical (unpaired) electrons. The maximum absolute atomic E-state index is 9.86. The molecule has 2 heterocycles. The molecule has 1 atom stereocenters. The summed E-state index contributed by atoms with van der Waals surface area (Å²) in [7, 11) is 0. The standard InChI is InChI=1S/C10H11ClO3/c11-9-4-3-8(14-9)10(12)7-2-1-5-13-6-7/h3-4,6,10,12H,1-2,5H2. The van der Waals surface area contributed by atoms with Gasteiger partial charge < -0.3 is 14.3 Å². The Labute approximate surface area is 86.9 Å². The van der Waals surface area contributed by atoms with E-state index in [1.165, 1.54) is 0 Å². The first kappa shape index (κ1) is 9.62. The number of aliphatic hydroxyl groups is 1. The van der Waals surface area contributed by atoms with Crippen molar-refractivity contribution in [2.75, 3.05) is 6.61 Å². The van der Waals surface area contributed by atoms with Crippen LogP contribution in [0.25, 0.3) is 0 Å². The highest BCUT2D eigenvalue weighted by molar-refractivity contribution is 6.28. The molecule has 76 valence electrons. The fourth-order valence-electron chi connectivity index (χ4n) is 1.44. The summed E-state index contributed by atoms with van der Waals surface area (Å²) >= 11 is 5.61. The molecule has 14 heavy (non-hydrogen) atoms. The third-order valence-corrected chi connectivity index (χ3v) is 2.38. The third-order valence-electron chi connectivity index (χ3n) is 2.18. The van der Waals surface area contributed by atoms with Gasteiger partial charge in [0.1, 0.15) is 11.9 Å². The van der Waals surface area contributed by atoms with Gasteiger partial charge in [0.05, 0.1) is 12.9 Å². The van der Waals surface area contributed by atoms with Gasteiger partial charge in [-0.05, 0) is 36.6 Å². The van der Waals surface area contributed by atoms with Gasteiger partial charge in [0.2, 0.25) is 0 Å². The molecule has 1 aliphatic heterocycles. The van der Waals surface area contributed by atoms with E-state index in [4.69, 9.17) is 20.8 Å². The normalized spacial score (nSPS) is 18.6.